The molecule has 0 saturated carbocycles. The van der Waals surface area contributed by atoms with Crippen molar-refractivity contribution in [1.29, 1.82) is 0 Å². The molecule has 36 heavy (non-hydrogen) atoms. The maximum absolute atomic E-state index is 11.9. The molecule has 1 amide bonds. The number of hydrogen-bond donors (Lipinski definition) is 3. The topological polar surface area (TPSA) is 108 Å². The molecule has 9 heteroatoms. The van der Waals surface area contributed by atoms with Crippen LogP contribution in [0.1, 0.15) is 19.8 Å². The van der Waals surface area contributed by atoms with Gasteiger partial charge in [0.15, 0.2) is 5.65 Å². The molecule has 0 unspecified atom stereocenters. The van der Waals surface area contributed by atoms with Gasteiger partial charge in [0.25, 0.3) is 0 Å². The first-order valence-corrected chi connectivity index (χ1v) is 12.0. The molecular formula is C27H29N7O2. The van der Waals surface area contributed by atoms with Gasteiger partial charge in [-0.25, -0.2) is 4.98 Å². The van der Waals surface area contributed by atoms with Crippen LogP contribution in [0.25, 0.3) is 22.3 Å². The molecule has 0 radical (unpaired) electrons. The van der Waals surface area contributed by atoms with Crippen LogP contribution in [0.3, 0.4) is 0 Å². The van der Waals surface area contributed by atoms with Crippen molar-refractivity contribution in [2.75, 3.05) is 35.7 Å². The van der Waals surface area contributed by atoms with Gasteiger partial charge in [0.2, 0.25) is 11.9 Å². The number of benzene rings is 2. The van der Waals surface area contributed by atoms with Crippen molar-refractivity contribution in [3.8, 4) is 17.0 Å². The van der Waals surface area contributed by atoms with E-state index in [1.165, 1.54) is 24.6 Å². The van der Waals surface area contributed by atoms with Gasteiger partial charge in [0.1, 0.15) is 5.75 Å². The fraction of sp³-hybridized carbons (Fsp3) is 0.259. The summed E-state index contributed by atoms with van der Waals surface area (Å²) in [7, 11) is 1.58. The van der Waals surface area contributed by atoms with E-state index in [2.05, 4.69) is 56.4 Å². The van der Waals surface area contributed by atoms with E-state index in [1.54, 1.807) is 19.4 Å². The predicted octanol–water partition coefficient (Wildman–Crippen LogP) is 5.13. The maximum Gasteiger partial charge on any atom is 0.247 e. The highest BCUT2D eigenvalue weighted by molar-refractivity contribution is 6.00. The average Bonchev–Trinajstić information content (AvgIpc) is 3.37. The second-order valence-electron chi connectivity index (χ2n) is 9.02. The quantitative estimate of drug-likeness (QED) is 0.313. The van der Waals surface area contributed by atoms with Gasteiger partial charge in [-0.15, -0.1) is 0 Å². The molecule has 2 aromatic heterocycles. The maximum atomic E-state index is 11.9. The molecule has 0 spiro atoms. The molecule has 5 rings (SSSR count). The van der Waals surface area contributed by atoms with Gasteiger partial charge in [-0.3, -0.25) is 9.89 Å². The second-order valence-corrected chi connectivity index (χ2v) is 9.02. The van der Waals surface area contributed by atoms with Crippen LogP contribution >= 0.6 is 0 Å². The third-order valence-electron chi connectivity index (χ3n) is 6.43. The fourth-order valence-corrected chi connectivity index (χ4v) is 4.41. The number of amides is 1. The number of carbonyl (C=O) groups excluding carboxylic acids is 1. The molecule has 1 aliphatic rings. The van der Waals surface area contributed by atoms with E-state index in [0.29, 0.717) is 28.7 Å². The largest absolute Gasteiger partial charge is 0.497 e. The first-order chi connectivity index (χ1) is 17.5. The van der Waals surface area contributed by atoms with Crippen LogP contribution in [0.2, 0.25) is 0 Å². The summed E-state index contributed by atoms with van der Waals surface area (Å²) in [5.41, 5.74) is 4.67. The Labute approximate surface area is 209 Å². The zero-order chi connectivity index (χ0) is 25.1. The zero-order valence-electron chi connectivity index (χ0n) is 20.4. The summed E-state index contributed by atoms with van der Waals surface area (Å²) in [5, 5.41) is 14.0. The first kappa shape index (κ1) is 23.3. The van der Waals surface area contributed by atoms with Crippen molar-refractivity contribution >= 4 is 40.0 Å². The lowest BCUT2D eigenvalue weighted by atomic mass is 9.99. The second kappa shape index (κ2) is 10.1. The minimum atomic E-state index is -0.309. The number of nitrogens with one attached hydrogen (secondary N) is 3. The molecule has 3 N–H and O–H groups in total. The van der Waals surface area contributed by atoms with Gasteiger partial charge < -0.3 is 20.3 Å². The fourth-order valence-electron chi connectivity index (χ4n) is 4.41. The van der Waals surface area contributed by atoms with Crippen molar-refractivity contribution in [1.82, 2.24) is 20.2 Å². The minimum Gasteiger partial charge on any atom is -0.497 e. The number of piperidine rings is 1. The van der Waals surface area contributed by atoms with Gasteiger partial charge in [-0.05, 0) is 55.2 Å². The Morgan fingerprint density at radius 1 is 1.17 bits per heavy atom. The van der Waals surface area contributed by atoms with Crippen LogP contribution < -0.4 is 20.3 Å². The van der Waals surface area contributed by atoms with Crippen molar-refractivity contribution in [2.24, 2.45) is 5.92 Å². The standard InChI is InChI=1S/C27H29N7O2/c1-4-24(35)29-20-12-18(13-22(15-20)36-3)25-23-16-28-33-26(23)32-27(31-25)30-19-6-5-7-21(14-19)34-10-8-17(2)9-11-34/h4-7,12-17H,1,8-11H2,2-3H3,(H,29,35)(H2,28,30,31,32,33). The van der Waals surface area contributed by atoms with Crippen molar-refractivity contribution in [3.05, 3.63) is 61.3 Å². The number of anilines is 4. The average molecular weight is 484 g/mol. The number of rotatable bonds is 7. The number of H-pyrrole nitrogens is 1. The number of methoxy groups -OCH3 is 1. The van der Waals surface area contributed by atoms with E-state index in [0.717, 1.165) is 35.6 Å². The van der Waals surface area contributed by atoms with Crippen molar-refractivity contribution in [3.63, 3.8) is 0 Å². The number of hydrogen-bond acceptors (Lipinski definition) is 7. The van der Waals surface area contributed by atoms with Crippen molar-refractivity contribution < 1.29 is 9.53 Å². The Kier molecular flexibility index (Phi) is 6.53. The molecule has 1 aliphatic heterocycles. The zero-order valence-corrected chi connectivity index (χ0v) is 20.4. The lowest BCUT2D eigenvalue weighted by Crippen LogP contribution is -2.32. The van der Waals surface area contributed by atoms with E-state index >= 15 is 0 Å². The minimum absolute atomic E-state index is 0.309. The molecule has 1 fully saturated rings. The van der Waals surface area contributed by atoms with E-state index in [-0.39, 0.29) is 5.91 Å². The normalized spacial score (nSPS) is 14.0. The summed E-state index contributed by atoms with van der Waals surface area (Å²) in [5.74, 6) is 1.49. The van der Waals surface area contributed by atoms with E-state index in [4.69, 9.17) is 9.72 Å². The molecule has 2 aromatic carbocycles. The highest BCUT2D eigenvalue weighted by Crippen LogP contribution is 2.33. The summed E-state index contributed by atoms with van der Waals surface area (Å²) in [6.45, 7) is 7.95. The predicted molar refractivity (Wildman–Crippen MR) is 143 cm³/mol. The molecule has 0 atom stereocenters. The van der Waals surface area contributed by atoms with Gasteiger partial charge in [0, 0.05) is 41.8 Å². The smallest absolute Gasteiger partial charge is 0.247 e. The van der Waals surface area contributed by atoms with E-state index < -0.39 is 0 Å². The van der Waals surface area contributed by atoms with Gasteiger partial charge in [-0.2, -0.15) is 10.1 Å². The van der Waals surface area contributed by atoms with E-state index in [1.807, 2.05) is 24.3 Å². The van der Waals surface area contributed by atoms with Gasteiger partial charge in [-0.1, -0.05) is 19.6 Å². The third kappa shape index (κ3) is 5.00. The van der Waals surface area contributed by atoms with Crippen LogP contribution in [-0.4, -0.2) is 46.3 Å². The van der Waals surface area contributed by atoms with Gasteiger partial charge >= 0.3 is 0 Å². The Hall–Kier alpha value is -4.40. The number of ether oxygens (including phenoxy) is 1. The summed E-state index contributed by atoms with van der Waals surface area (Å²) in [6.07, 6.45) is 5.32. The van der Waals surface area contributed by atoms with Crippen LogP contribution in [0.5, 0.6) is 5.75 Å². The van der Waals surface area contributed by atoms with Gasteiger partial charge in [0.05, 0.1) is 24.4 Å². The summed E-state index contributed by atoms with van der Waals surface area (Å²) < 4.78 is 5.46. The van der Waals surface area contributed by atoms with Crippen LogP contribution in [0.15, 0.2) is 61.3 Å². The molecule has 0 aliphatic carbocycles. The molecule has 3 heterocycles. The first-order valence-electron chi connectivity index (χ1n) is 12.0. The highest BCUT2D eigenvalue weighted by Gasteiger charge is 2.17. The number of fused-ring (bicyclic) bond motifs is 1. The Bertz CT molecular complexity index is 1410. The monoisotopic (exact) mass is 483 g/mol. The van der Waals surface area contributed by atoms with Crippen LogP contribution in [0.4, 0.5) is 23.0 Å². The summed E-state index contributed by atoms with van der Waals surface area (Å²) >= 11 is 0. The van der Waals surface area contributed by atoms with Crippen molar-refractivity contribution in [2.45, 2.75) is 19.8 Å². The van der Waals surface area contributed by atoms with Crippen LogP contribution in [0, 0.1) is 5.92 Å². The molecule has 4 aromatic rings. The molecule has 1 saturated heterocycles. The highest BCUT2D eigenvalue weighted by atomic mass is 16.5. The number of carbonyl (C=O) groups is 1. The Morgan fingerprint density at radius 3 is 2.78 bits per heavy atom. The van der Waals surface area contributed by atoms with Crippen LogP contribution in [-0.2, 0) is 4.79 Å². The number of aromatic amines is 1. The van der Waals surface area contributed by atoms with E-state index in [9.17, 15) is 4.79 Å². The summed E-state index contributed by atoms with van der Waals surface area (Å²) in [4.78, 5) is 23.8. The number of nitrogens with zero attached hydrogens (tertiary/aromatic N) is 4. The summed E-state index contributed by atoms with van der Waals surface area (Å²) in [6, 6.07) is 13.8. The lowest BCUT2D eigenvalue weighted by Gasteiger charge is -2.32. The molecule has 9 nitrogen and oxygen atoms in total. The SMILES string of the molecule is C=CC(=O)Nc1cc(OC)cc(-c2nc(Nc3cccc(N4CCC(C)CC4)c3)nc3[nH]ncc23)c1. The molecule has 0 bridgehead atoms. The Balaban J connectivity index is 1.49. The molecular weight excluding hydrogens is 454 g/mol. The third-order valence-corrected chi connectivity index (χ3v) is 6.43. The number of aromatic nitrogens is 4. The lowest BCUT2D eigenvalue weighted by molar-refractivity contribution is -0.111. The molecule has 184 valence electrons. The Morgan fingerprint density at radius 2 is 2.00 bits per heavy atom.